The van der Waals surface area contributed by atoms with E-state index in [0.29, 0.717) is 13.2 Å². The van der Waals surface area contributed by atoms with E-state index in [4.69, 9.17) is 18.9 Å². The van der Waals surface area contributed by atoms with Crippen molar-refractivity contribution in [3.05, 3.63) is 0 Å². The van der Waals surface area contributed by atoms with Crippen LogP contribution in [0.25, 0.3) is 0 Å². The third-order valence-electron chi connectivity index (χ3n) is 6.74. The summed E-state index contributed by atoms with van der Waals surface area (Å²) in [5.41, 5.74) is -0.268. The number of hydrogen-bond donors (Lipinski definition) is 0. The molecule has 2 saturated heterocycles. The van der Waals surface area contributed by atoms with Crippen molar-refractivity contribution in [3.8, 4) is 0 Å². The van der Waals surface area contributed by atoms with E-state index in [0.717, 1.165) is 51.4 Å². The van der Waals surface area contributed by atoms with Gasteiger partial charge in [0.15, 0.2) is 5.78 Å². The monoisotopic (exact) mass is 338 g/mol. The molecule has 4 rings (SSSR count). The van der Waals surface area contributed by atoms with Crippen LogP contribution in [0.4, 0.5) is 0 Å². The SMILES string of the molecule is O=C(C1OCOCC12CCCCC2)C1OCOCC12CCCCC2. The first-order valence-electron chi connectivity index (χ1n) is 9.68. The van der Waals surface area contributed by atoms with Gasteiger partial charge in [-0.1, -0.05) is 38.5 Å². The topological polar surface area (TPSA) is 54.0 Å². The summed E-state index contributed by atoms with van der Waals surface area (Å²) in [5.74, 6) is 0.158. The molecule has 2 saturated carbocycles. The highest BCUT2D eigenvalue weighted by Gasteiger charge is 2.54. The third-order valence-corrected chi connectivity index (χ3v) is 6.74. The van der Waals surface area contributed by atoms with Crippen molar-refractivity contribution in [2.45, 2.75) is 76.4 Å². The third kappa shape index (κ3) is 2.94. The molecule has 5 heteroatoms. The van der Waals surface area contributed by atoms with E-state index in [1.807, 2.05) is 0 Å². The van der Waals surface area contributed by atoms with E-state index in [9.17, 15) is 4.79 Å². The van der Waals surface area contributed by atoms with Gasteiger partial charge in [0.25, 0.3) is 0 Å². The molecule has 2 spiro atoms. The van der Waals surface area contributed by atoms with Gasteiger partial charge in [0.2, 0.25) is 0 Å². The number of ether oxygens (including phenoxy) is 4. The minimum absolute atomic E-state index is 0.134. The van der Waals surface area contributed by atoms with Crippen molar-refractivity contribution < 1.29 is 23.7 Å². The Bertz CT molecular complexity index is 394. The lowest BCUT2D eigenvalue weighted by atomic mass is 9.64. The minimum atomic E-state index is -0.367. The van der Waals surface area contributed by atoms with Gasteiger partial charge in [0, 0.05) is 10.8 Å². The predicted octanol–water partition coefficient (Wildman–Crippen LogP) is 3.20. The Morgan fingerprint density at radius 3 is 1.50 bits per heavy atom. The number of rotatable bonds is 2. The van der Waals surface area contributed by atoms with E-state index < -0.39 is 0 Å². The molecule has 2 atom stereocenters. The average Bonchev–Trinajstić information content (AvgIpc) is 2.63. The van der Waals surface area contributed by atoms with Crippen LogP contribution in [-0.4, -0.2) is 44.8 Å². The molecule has 2 heterocycles. The fraction of sp³-hybridized carbons (Fsp3) is 0.947. The van der Waals surface area contributed by atoms with Crippen LogP contribution in [0, 0.1) is 10.8 Å². The molecule has 4 aliphatic rings. The summed E-state index contributed by atoms with van der Waals surface area (Å²) in [6.45, 7) is 1.77. The Hall–Kier alpha value is -0.490. The highest BCUT2D eigenvalue weighted by atomic mass is 16.7. The van der Waals surface area contributed by atoms with E-state index in [1.165, 1.54) is 12.8 Å². The van der Waals surface area contributed by atoms with Crippen molar-refractivity contribution in [3.63, 3.8) is 0 Å². The zero-order chi connectivity index (χ0) is 16.5. The maximum absolute atomic E-state index is 13.5. The van der Waals surface area contributed by atoms with E-state index in [1.54, 1.807) is 0 Å². The summed E-state index contributed by atoms with van der Waals surface area (Å²) in [6, 6.07) is 0. The van der Waals surface area contributed by atoms with E-state index >= 15 is 0 Å². The Morgan fingerprint density at radius 1 is 0.667 bits per heavy atom. The first-order valence-corrected chi connectivity index (χ1v) is 9.68. The molecule has 136 valence electrons. The predicted molar refractivity (Wildman–Crippen MR) is 87.4 cm³/mol. The molecule has 0 aromatic heterocycles. The highest BCUT2D eigenvalue weighted by molar-refractivity contribution is 5.89. The van der Waals surface area contributed by atoms with Crippen LogP contribution in [0.3, 0.4) is 0 Å². The molecule has 2 aliphatic heterocycles. The lowest BCUT2D eigenvalue weighted by Crippen LogP contribution is -2.59. The van der Waals surface area contributed by atoms with Crippen molar-refractivity contribution >= 4 is 5.78 Å². The first-order chi connectivity index (χ1) is 11.8. The number of carbonyl (C=O) groups excluding carboxylic acids is 1. The Kier molecular flexibility index (Phi) is 4.96. The van der Waals surface area contributed by atoms with E-state index in [-0.39, 0.29) is 42.4 Å². The summed E-state index contributed by atoms with van der Waals surface area (Å²) < 4.78 is 23.1. The minimum Gasteiger partial charge on any atom is -0.355 e. The molecule has 2 unspecified atom stereocenters. The molecule has 4 fully saturated rings. The number of Topliss-reactive ketones (excluding diaryl/α,β-unsaturated/α-hetero) is 1. The Balaban J connectivity index is 1.58. The van der Waals surface area contributed by atoms with Crippen LogP contribution in [0.15, 0.2) is 0 Å². The van der Waals surface area contributed by atoms with Gasteiger partial charge in [-0.15, -0.1) is 0 Å². The number of carbonyl (C=O) groups is 1. The number of ketones is 1. The van der Waals surface area contributed by atoms with Crippen molar-refractivity contribution in [1.82, 2.24) is 0 Å². The maximum Gasteiger partial charge on any atom is 0.191 e. The molecular formula is C19H30O5. The van der Waals surface area contributed by atoms with Gasteiger partial charge in [0.1, 0.15) is 25.8 Å². The van der Waals surface area contributed by atoms with Crippen molar-refractivity contribution in [2.75, 3.05) is 26.8 Å². The van der Waals surface area contributed by atoms with Gasteiger partial charge in [-0.2, -0.15) is 0 Å². The fourth-order valence-corrected chi connectivity index (χ4v) is 5.46. The second kappa shape index (κ2) is 7.02. The molecule has 2 aliphatic carbocycles. The molecule has 5 nitrogen and oxygen atoms in total. The fourth-order valence-electron chi connectivity index (χ4n) is 5.46. The van der Waals surface area contributed by atoms with Gasteiger partial charge < -0.3 is 18.9 Å². The Labute approximate surface area is 144 Å². The standard InChI is InChI=1S/C19H30O5/c20-15(16-18(11-21-13-23-16)7-3-1-4-8-18)17-19(12-22-14-24-17)9-5-2-6-10-19/h16-17H,1-14H2. The van der Waals surface area contributed by atoms with E-state index in [2.05, 4.69) is 0 Å². The van der Waals surface area contributed by atoms with Gasteiger partial charge in [-0.25, -0.2) is 0 Å². The molecule has 0 amide bonds. The summed E-state index contributed by atoms with van der Waals surface area (Å²) >= 11 is 0. The quantitative estimate of drug-likeness (QED) is 0.774. The molecule has 0 N–H and O–H groups in total. The van der Waals surface area contributed by atoms with Crippen LogP contribution in [0.1, 0.15) is 64.2 Å². The van der Waals surface area contributed by atoms with Crippen molar-refractivity contribution in [2.24, 2.45) is 10.8 Å². The lowest BCUT2D eigenvalue weighted by Gasteiger charge is -2.50. The lowest BCUT2D eigenvalue weighted by molar-refractivity contribution is -0.245. The zero-order valence-corrected chi connectivity index (χ0v) is 14.6. The summed E-state index contributed by atoms with van der Waals surface area (Å²) in [4.78, 5) is 13.5. The second-order valence-corrected chi connectivity index (χ2v) is 8.27. The van der Waals surface area contributed by atoms with Crippen LogP contribution < -0.4 is 0 Å². The van der Waals surface area contributed by atoms with Crippen molar-refractivity contribution in [1.29, 1.82) is 0 Å². The normalized spacial score (nSPS) is 35.8. The smallest absolute Gasteiger partial charge is 0.191 e. The number of hydrogen-bond acceptors (Lipinski definition) is 5. The molecular weight excluding hydrogens is 308 g/mol. The second-order valence-electron chi connectivity index (χ2n) is 8.27. The molecule has 0 aromatic carbocycles. The van der Waals surface area contributed by atoms with Crippen LogP contribution in [-0.2, 0) is 23.7 Å². The largest absolute Gasteiger partial charge is 0.355 e. The average molecular weight is 338 g/mol. The summed E-state index contributed by atoms with van der Waals surface area (Å²) in [5, 5.41) is 0. The van der Waals surface area contributed by atoms with Gasteiger partial charge in [-0.05, 0) is 25.7 Å². The zero-order valence-electron chi connectivity index (χ0n) is 14.6. The van der Waals surface area contributed by atoms with Gasteiger partial charge in [0.05, 0.1) is 13.2 Å². The molecule has 0 bridgehead atoms. The summed E-state index contributed by atoms with van der Waals surface area (Å²) in [7, 11) is 0. The van der Waals surface area contributed by atoms with Crippen LogP contribution >= 0.6 is 0 Å². The van der Waals surface area contributed by atoms with Gasteiger partial charge >= 0.3 is 0 Å². The molecule has 0 aromatic rings. The van der Waals surface area contributed by atoms with Gasteiger partial charge in [-0.3, -0.25) is 4.79 Å². The first kappa shape index (κ1) is 17.0. The maximum atomic E-state index is 13.5. The van der Waals surface area contributed by atoms with Crippen LogP contribution in [0.2, 0.25) is 0 Å². The highest BCUT2D eigenvalue weighted by Crippen LogP contribution is 2.48. The summed E-state index contributed by atoms with van der Waals surface area (Å²) in [6.07, 6.45) is 10.5. The van der Waals surface area contributed by atoms with Crippen LogP contribution in [0.5, 0.6) is 0 Å². The molecule has 24 heavy (non-hydrogen) atoms. The Morgan fingerprint density at radius 2 is 1.08 bits per heavy atom. The molecule has 0 radical (unpaired) electrons.